The molecule has 1 aromatic heterocycles. The van der Waals surface area contributed by atoms with E-state index in [4.69, 9.17) is 23.2 Å². The summed E-state index contributed by atoms with van der Waals surface area (Å²) in [4.78, 5) is 9.04. The van der Waals surface area contributed by atoms with Crippen LogP contribution in [0.2, 0.25) is 10.0 Å². The molecule has 0 amide bonds. The molecule has 21 heavy (non-hydrogen) atoms. The van der Waals surface area contributed by atoms with Crippen LogP contribution in [0.15, 0.2) is 18.2 Å². The second kappa shape index (κ2) is 6.96. The van der Waals surface area contributed by atoms with Crippen molar-refractivity contribution in [2.75, 3.05) is 17.2 Å². The van der Waals surface area contributed by atoms with Crippen molar-refractivity contribution in [1.82, 2.24) is 9.97 Å². The fourth-order valence-corrected chi connectivity index (χ4v) is 2.24. The van der Waals surface area contributed by atoms with Crippen LogP contribution in [0, 0.1) is 6.92 Å². The number of hydrogen-bond acceptors (Lipinski definition) is 4. The molecule has 0 aliphatic rings. The van der Waals surface area contributed by atoms with Crippen molar-refractivity contribution < 1.29 is 0 Å². The van der Waals surface area contributed by atoms with Crippen molar-refractivity contribution in [1.29, 1.82) is 0 Å². The van der Waals surface area contributed by atoms with Gasteiger partial charge in [-0.15, -0.1) is 0 Å². The van der Waals surface area contributed by atoms with Crippen LogP contribution in [-0.4, -0.2) is 16.5 Å². The van der Waals surface area contributed by atoms with E-state index in [2.05, 4.69) is 20.6 Å². The third kappa shape index (κ3) is 3.77. The van der Waals surface area contributed by atoms with Crippen LogP contribution in [0.4, 0.5) is 17.3 Å². The van der Waals surface area contributed by atoms with Gasteiger partial charge in [-0.05, 0) is 32.0 Å². The van der Waals surface area contributed by atoms with E-state index in [0.29, 0.717) is 10.0 Å². The van der Waals surface area contributed by atoms with Crippen LogP contribution < -0.4 is 10.6 Å². The number of aromatic nitrogens is 2. The Balaban J connectivity index is 2.43. The Hall–Kier alpha value is -1.52. The van der Waals surface area contributed by atoms with Gasteiger partial charge in [0.2, 0.25) is 0 Å². The van der Waals surface area contributed by atoms with Crippen LogP contribution in [0.5, 0.6) is 0 Å². The Bertz CT molecular complexity index is 644. The minimum Gasteiger partial charge on any atom is -0.370 e. The van der Waals surface area contributed by atoms with Crippen LogP contribution in [-0.2, 0) is 6.42 Å². The van der Waals surface area contributed by atoms with E-state index in [0.717, 1.165) is 41.7 Å². The summed E-state index contributed by atoms with van der Waals surface area (Å²) in [5.41, 5.74) is 1.68. The van der Waals surface area contributed by atoms with Gasteiger partial charge in [0, 0.05) is 23.6 Å². The molecule has 2 rings (SSSR count). The van der Waals surface area contributed by atoms with E-state index in [1.165, 1.54) is 0 Å². The Labute approximate surface area is 134 Å². The van der Waals surface area contributed by atoms with E-state index in [1.54, 1.807) is 18.2 Å². The normalized spacial score (nSPS) is 10.5. The van der Waals surface area contributed by atoms with Gasteiger partial charge in [0.05, 0.1) is 10.7 Å². The molecular weight excluding hydrogens is 307 g/mol. The molecule has 0 aliphatic heterocycles. The molecule has 0 aliphatic carbocycles. The predicted octanol–water partition coefficient (Wildman–Crippen LogP) is 4.83. The summed E-state index contributed by atoms with van der Waals surface area (Å²) < 4.78 is 0. The highest BCUT2D eigenvalue weighted by atomic mass is 35.5. The smallest absolute Gasteiger partial charge is 0.139 e. The highest BCUT2D eigenvalue weighted by Gasteiger charge is 2.11. The minimum absolute atomic E-state index is 0.598. The average molecular weight is 325 g/mol. The number of aryl methyl sites for hydroxylation is 1. The third-order valence-corrected chi connectivity index (χ3v) is 3.60. The number of hydrogen-bond donors (Lipinski definition) is 2. The van der Waals surface area contributed by atoms with Gasteiger partial charge in [-0.1, -0.05) is 30.1 Å². The zero-order chi connectivity index (χ0) is 15.4. The molecule has 2 N–H and O–H groups in total. The van der Waals surface area contributed by atoms with E-state index >= 15 is 0 Å². The maximum atomic E-state index is 6.19. The summed E-state index contributed by atoms with van der Waals surface area (Å²) in [6, 6.07) is 5.29. The van der Waals surface area contributed by atoms with Crippen LogP contribution in [0.25, 0.3) is 0 Å². The Morgan fingerprint density at radius 2 is 1.81 bits per heavy atom. The fraction of sp³-hybridized carbons (Fsp3) is 0.333. The topological polar surface area (TPSA) is 49.8 Å². The van der Waals surface area contributed by atoms with E-state index in [-0.39, 0.29) is 0 Å². The van der Waals surface area contributed by atoms with Gasteiger partial charge in [-0.3, -0.25) is 0 Å². The molecule has 0 radical (unpaired) electrons. The maximum Gasteiger partial charge on any atom is 0.139 e. The maximum absolute atomic E-state index is 6.19. The zero-order valence-corrected chi connectivity index (χ0v) is 13.8. The first-order chi connectivity index (χ1) is 10.0. The minimum atomic E-state index is 0.598. The Morgan fingerprint density at radius 3 is 2.48 bits per heavy atom. The van der Waals surface area contributed by atoms with Crippen molar-refractivity contribution in [3.63, 3.8) is 0 Å². The third-order valence-electron chi connectivity index (χ3n) is 3.03. The van der Waals surface area contributed by atoms with E-state index in [1.807, 2.05) is 20.8 Å². The van der Waals surface area contributed by atoms with Gasteiger partial charge in [-0.2, -0.15) is 0 Å². The Morgan fingerprint density at radius 1 is 1.10 bits per heavy atom. The highest BCUT2D eigenvalue weighted by molar-refractivity contribution is 6.35. The van der Waals surface area contributed by atoms with Crippen molar-refractivity contribution in [2.45, 2.75) is 27.2 Å². The van der Waals surface area contributed by atoms with Gasteiger partial charge in [-0.25, -0.2) is 9.97 Å². The molecule has 4 nitrogen and oxygen atoms in total. The van der Waals surface area contributed by atoms with Crippen molar-refractivity contribution in [2.24, 2.45) is 0 Å². The second-order valence-corrected chi connectivity index (χ2v) is 5.44. The lowest BCUT2D eigenvalue weighted by Gasteiger charge is -2.15. The molecule has 1 heterocycles. The van der Waals surface area contributed by atoms with Crippen LogP contribution in [0.3, 0.4) is 0 Å². The fourth-order valence-electron chi connectivity index (χ4n) is 1.90. The molecule has 0 spiro atoms. The van der Waals surface area contributed by atoms with Gasteiger partial charge in [0.25, 0.3) is 0 Å². The number of nitrogens with one attached hydrogen (secondary N) is 2. The molecule has 6 heteroatoms. The predicted molar refractivity (Wildman–Crippen MR) is 90.1 cm³/mol. The number of anilines is 3. The lowest BCUT2D eigenvalue weighted by atomic mass is 10.2. The Kier molecular flexibility index (Phi) is 5.26. The SMILES string of the molecule is CCNc1nc(CC)nc(Nc2cc(Cl)ccc2Cl)c1C. The summed E-state index contributed by atoms with van der Waals surface area (Å²) in [5.74, 6) is 2.35. The summed E-state index contributed by atoms with van der Waals surface area (Å²) in [6.45, 7) is 6.83. The second-order valence-electron chi connectivity index (χ2n) is 4.60. The zero-order valence-electron chi connectivity index (χ0n) is 12.3. The molecule has 0 unspecified atom stereocenters. The molecular formula is C15H18Cl2N4. The van der Waals surface area contributed by atoms with Crippen LogP contribution >= 0.6 is 23.2 Å². The standard InChI is InChI=1S/C15H18Cl2N4/c1-4-13-20-14(18-5-2)9(3)15(21-13)19-12-8-10(16)6-7-11(12)17/h6-8H,4-5H2,1-3H3,(H2,18,19,20,21). The first-order valence-electron chi connectivity index (χ1n) is 6.88. The molecule has 1 aromatic carbocycles. The summed E-state index contributed by atoms with van der Waals surface area (Å²) in [6.07, 6.45) is 0.761. The summed E-state index contributed by atoms with van der Waals surface area (Å²) >= 11 is 12.2. The van der Waals surface area contributed by atoms with Gasteiger partial charge in [0.1, 0.15) is 17.5 Å². The molecule has 2 aromatic rings. The number of nitrogens with zero attached hydrogens (tertiary/aromatic N) is 2. The molecule has 0 bridgehead atoms. The van der Waals surface area contributed by atoms with Gasteiger partial charge < -0.3 is 10.6 Å². The van der Waals surface area contributed by atoms with Crippen molar-refractivity contribution >= 4 is 40.5 Å². The van der Waals surface area contributed by atoms with Gasteiger partial charge >= 0.3 is 0 Å². The van der Waals surface area contributed by atoms with Gasteiger partial charge in [0.15, 0.2) is 0 Å². The quantitative estimate of drug-likeness (QED) is 0.827. The lowest BCUT2D eigenvalue weighted by Crippen LogP contribution is -2.09. The highest BCUT2D eigenvalue weighted by Crippen LogP contribution is 2.30. The average Bonchev–Trinajstić information content (AvgIpc) is 2.47. The first kappa shape index (κ1) is 15.9. The van der Waals surface area contributed by atoms with E-state index < -0.39 is 0 Å². The number of benzene rings is 1. The molecule has 0 saturated carbocycles. The molecule has 0 saturated heterocycles. The molecule has 0 atom stereocenters. The van der Waals surface area contributed by atoms with Crippen LogP contribution in [0.1, 0.15) is 25.2 Å². The largest absolute Gasteiger partial charge is 0.370 e. The number of halogens is 2. The molecule has 112 valence electrons. The van der Waals surface area contributed by atoms with Crippen molar-refractivity contribution in [3.8, 4) is 0 Å². The number of rotatable bonds is 5. The molecule has 0 fully saturated rings. The van der Waals surface area contributed by atoms with Crippen molar-refractivity contribution in [3.05, 3.63) is 39.6 Å². The lowest BCUT2D eigenvalue weighted by molar-refractivity contribution is 0.930. The van der Waals surface area contributed by atoms with E-state index in [9.17, 15) is 0 Å². The summed E-state index contributed by atoms with van der Waals surface area (Å²) in [7, 11) is 0. The monoisotopic (exact) mass is 324 g/mol. The first-order valence-corrected chi connectivity index (χ1v) is 7.64. The summed E-state index contributed by atoms with van der Waals surface area (Å²) in [5, 5.41) is 7.72.